The molecule has 0 bridgehead atoms. The molecule has 0 amide bonds. The van der Waals surface area contributed by atoms with Crippen LogP contribution in [-0.4, -0.2) is 62.3 Å². The molecular weight excluding hydrogens is 410 g/mol. The highest BCUT2D eigenvalue weighted by Crippen LogP contribution is 2.36. The van der Waals surface area contributed by atoms with Gasteiger partial charge in [0.15, 0.2) is 29.2 Å². The SMILES string of the molecule is CC(=O)OC[C@H]1O[C@@H](n2cnc3c(Cl)nc(N)nc32)C(OC(C)=O)[C@H]1OC(C)=O. The number of carbonyl (C=O) groups excluding carboxylic acids is 3. The number of rotatable bonds is 5. The molecule has 0 radical (unpaired) electrons. The van der Waals surface area contributed by atoms with Crippen molar-refractivity contribution < 1.29 is 33.3 Å². The maximum absolute atomic E-state index is 11.7. The van der Waals surface area contributed by atoms with Crippen molar-refractivity contribution in [2.24, 2.45) is 0 Å². The summed E-state index contributed by atoms with van der Waals surface area (Å²) in [5.74, 6) is -1.91. The average molecular weight is 428 g/mol. The Balaban J connectivity index is 2.04. The minimum atomic E-state index is -1.08. The highest BCUT2D eigenvalue weighted by molar-refractivity contribution is 6.33. The van der Waals surface area contributed by atoms with Crippen LogP contribution >= 0.6 is 11.6 Å². The molecule has 1 saturated heterocycles. The van der Waals surface area contributed by atoms with Crippen molar-refractivity contribution in [3.05, 3.63) is 11.5 Å². The van der Waals surface area contributed by atoms with Crippen molar-refractivity contribution in [2.75, 3.05) is 12.3 Å². The zero-order valence-corrected chi connectivity index (χ0v) is 16.5. The predicted octanol–water partition coefficient (Wildman–Crippen LogP) is 0.386. The third-order valence-electron chi connectivity index (χ3n) is 4.01. The summed E-state index contributed by atoms with van der Waals surface area (Å²) in [5, 5.41) is 0.0290. The molecular formula is C16H18ClN5O7. The quantitative estimate of drug-likeness (QED) is 0.399. The average Bonchev–Trinajstić information content (AvgIpc) is 3.15. The number of fused-ring (bicyclic) bond motifs is 1. The summed E-state index contributed by atoms with van der Waals surface area (Å²) in [6.07, 6.45) is -2.70. The van der Waals surface area contributed by atoms with E-state index >= 15 is 0 Å². The number of ether oxygens (including phenoxy) is 4. The summed E-state index contributed by atoms with van der Waals surface area (Å²) in [5.41, 5.74) is 6.14. The lowest BCUT2D eigenvalue weighted by Crippen LogP contribution is -2.40. The molecule has 2 N–H and O–H groups in total. The number of imidazole rings is 1. The number of hydrogen-bond acceptors (Lipinski definition) is 11. The molecule has 1 aliphatic heterocycles. The maximum Gasteiger partial charge on any atom is 0.303 e. The van der Waals surface area contributed by atoms with Gasteiger partial charge in [-0.15, -0.1) is 0 Å². The molecule has 3 heterocycles. The van der Waals surface area contributed by atoms with Gasteiger partial charge < -0.3 is 24.7 Å². The molecule has 12 nitrogen and oxygen atoms in total. The molecule has 1 unspecified atom stereocenters. The molecule has 1 fully saturated rings. The van der Waals surface area contributed by atoms with Crippen molar-refractivity contribution in [1.29, 1.82) is 0 Å². The fourth-order valence-corrected chi connectivity index (χ4v) is 3.22. The van der Waals surface area contributed by atoms with Crippen LogP contribution in [-0.2, 0) is 33.3 Å². The van der Waals surface area contributed by atoms with Crippen LogP contribution in [0.1, 0.15) is 27.0 Å². The zero-order chi connectivity index (χ0) is 21.3. The maximum atomic E-state index is 11.7. The number of halogens is 1. The molecule has 29 heavy (non-hydrogen) atoms. The molecule has 0 saturated carbocycles. The van der Waals surface area contributed by atoms with E-state index in [1.807, 2.05) is 0 Å². The van der Waals surface area contributed by atoms with Gasteiger partial charge in [-0.05, 0) is 0 Å². The van der Waals surface area contributed by atoms with Gasteiger partial charge in [-0.25, -0.2) is 4.98 Å². The molecule has 156 valence electrons. The van der Waals surface area contributed by atoms with Gasteiger partial charge in [0.25, 0.3) is 0 Å². The second-order valence-corrected chi connectivity index (χ2v) is 6.57. The summed E-state index contributed by atoms with van der Waals surface area (Å²) >= 11 is 6.05. The Bertz CT molecular complexity index is 965. The van der Waals surface area contributed by atoms with Crippen LogP contribution in [0.5, 0.6) is 0 Å². The highest BCUT2D eigenvalue weighted by atomic mass is 35.5. The third kappa shape index (κ3) is 4.38. The Morgan fingerprint density at radius 1 is 1.14 bits per heavy atom. The van der Waals surface area contributed by atoms with Gasteiger partial charge in [-0.1, -0.05) is 11.6 Å². The number of aromatic nitrogens is 4. The first-order valence-electron chi connectivity index (χ1n) is 8.46. The number of nitrogens with zero attached hydrogens (tertiary/aromatic N) is 4. The van der Waals surface area contributed by atoms with Gasteiger partial charge in [0, 0.05) is 20.8 Å². The lowest BCUT2D eigenvalue weighted by Gasteiger charge is -2.23. The fraction of sp³-hybridized carbons (Fsp3) is 0.500. The van der Waals surface area contributed by atoms with E-state index in [0.717, 1.165) is 0 Å². The van der Waals surface area contributed by atoms with Crippen LogP contribution in [0, 0.1) is 0 Å². The van der Waals surface area contributed by atoms with E-state index in [4.69, 9.17) is 36.3 Å². The van der Waals surface area contributed by atoms with Crippen molar-refractivity contribution in [2.45, 2.75) is 45.3 Å². The predicted molar refractivity (Wildman–Crippen MR) is 96.4 cm³/mol. The summed E-state index contributed by atoms with van der Waals surface area (Å²) < 4.78 is 23.0. The van der Waals surface area contributed by atoms with Gasteiger partial charge >= 0.3 is 17.9 Å². The number of carbonyl (C=O) groups is 3. The Labute approximate surface area is 169 Å². The first kappa shape index (κ1) is 20.7. The Morgan fingerprint density at radius 3 is 2.41 bits per heavy atom. The smallest absolute Gasteiger partial charge is 0.303 e. The van der Waals surface area contributed by atoms with Gasteiger partial charge in [-0.3, -0.25) is 19.0 Å². The molecule has 3 rings (SSSR count). The van der Waals surface area contributed by atoms with Crippen molar-refractivity contribution in [3.8, 4) is 0 Å². The summed E-state index contributed by atoms with van der Waals surface area (Å²) in [7, 11) is 0. The first-order chi connectivity index (χ1) is 13.7. The fourth-order valence-electron chi connectivity index (χ4n) is 3.00. The monoisotopic (exact) mass is 427 g/mol. The standard InChI is InChI=1S/C16H18ClN5O7/c1-6(23)26-4-9-11(27-7(2)24)12(28-8(3)25)15(29-9)22-5-19-10-13(17)20-16(18)21-14(10)22/h5,9,11-12,15H,4H2,1-3H3,(H2,18,20,21)/t9-,11+,12?,15-/m1/s1. The Kier molecular flexibility index (Phi) is 5.84. The molecule has 1 aliphatic rings. The lowest BCUT2D eigenvalue weighted by molar-refractivity contribution is -0.166. The van der Waals surface area contributed by atoms with E-state index in [1.165, 1.54) is 31.7 Å². The van der Waals surface area contributed by atoms with E-state index < -0.39 is 42.4 Å². The summed E-state index contributed by atoms with van der Waals surface area (Å²) in [6, 6.07) is 0. The highest BCUT2D eigenvalue weighted by Gasteiger charge is 2.51. The van der Waals surface area contributed by atoms with Crippen LogP contribution in [0.15, 0.2) is 6.33 Å². The van der Waals surface area contributed by atoms with Crippen molar-refractivity contribution in [3.63, 3.8) is 0 Å². The molecule has 0 spiro atoms. The van der Waals surface area contributed by atoms with E-state index in [-0.39, 0.29) is 28.9 Å². The van der Waals surface area contributed by atoms with E-state index in [9.17, 15) is 14.4 Å². The molecule has 13 heteroatoms. The van der Waals surface area contributed by atoms with Gasteiger partial charge in [0.1, 0.15) is 18.2 Å². The molecule has 4 atom stereocenters. The molecule has 2 aromatic heterocycles. The van der Waals surface area contributed by atoms with Crippen molar-refractivity contribution >= 4 is 46.6 Å². The van der Waals surface area contributed by atoms with Crippen LogP contribution in [0.4, 0.5) is 5.95 Å². The van der Waals surface area contributed by atoms with Crippen molar-refractivity contribution in [1.82, 2.24) is 19.5 Å². The zero-order valence-electron chi connectivity index (χ0n) is 15.7. The second kappa shape index (κ2) is 8.17. The largest absolute Gasteiger partial charge is 0.463 e. The second-order valence-electron chi connectivity index (χ2n) is 6.21. The van der Waals surface area contributed by atoms with E-state index in [1.54, 1.807) is 0 Å². The lowest BCUT2D eigenvalue weighted by atomic mass is 10.1. The molecule has 2 aromatic rings. The summed E-state index contributed by atoms with van der Waals surface area (Å²) in [4.78, 5) is 46.6. The topological polar surface area (TPSA) is 158 Å². The number of hydrogen-bond donors (Lipinski definition) is 1. The van der Waals surface area contributed by atoms with Crippen LogP contribution < -0.4 is 5.73 Å². The minimum Gasteiger partial charge on any atom is -0.463 e. The van der Waals surface area contributed by atoms with Crippen LogP contribution in [0.2, 0.25) is 5.15 Å². The summed E-state index contributed by atoms with van der Waals surface area (Å²) in [6.45, 7) is 3.39. The number of nitrogens with two attached hydrogens (primary N) is 1. The number of esters is 3. The molecule has 0 aliphatic carbocycles. The third-order valence-corrected chi connectivity index (χ3v) is 4.27. The first-order valence-corrected chi connectivity index (χ1v) is 8.84. The number of anilines is 1. The van der Waals surface area contributed by atoms with Gasteiger partial charge in [-0.2, -0.15) is 9.97 Å². The van der Waals surface area contributed by atoms with Crippen LogP contribution in [0.3, 0.4) is 0 Å². The van der Waals surface area contributed by atoms with E-state index in [2.05, 4.69) is 15.0 Å². The minimum absolute atomic E-state index is 0.0290. The normalized spacial score (nSPS) is 23.7. The molecule has 0 aromatic carbocycles. The number of nitrogen functional groups attached to an aromatic ring is 1. The van der Waals surface area contributed by atoms with Gasteiger partial charge in [0.2, 0.25) is 5.95 Å². The Morgan fingerprint density at radius 2 is 1.79 bits per heavy atom. The Hall–Kier alpha value is -2.99. The van der Waals surface area contributed by atoms with Gasteiger partial charge in [0.05, 0.1) is 6.33 Å². The van der Waals surface area contributed by atoms with Crippen LogP contribution in [0.25, 0.3) is 11.2 Å². The van der Waals surface area contributed by atoms with E-state index in [0.29, 0.717) is 0 Å².